The quantitative estimate of drug-likeness (QED) is 0.683. The average molecular weight is 447 g/mol. The van der Waals surface area contributed by atoms with Gasteiger partial charge in [0.05, 0.1) is 16.9 Å². The Bertz CT molecular complexity index is 989. The number of ether oxygens (including phenoxy) is 1. The van der Waals surface area contributed by atoms with Crippen LogP contribution in [-0.2, 0) is 15.8 Å². The zero-order chi connectivity index (χ0) is 23.0. The van der Waals surface area contributed by atoms with Crippen LogP contribution in [0.2, 0.25) is 0 Å². The number of nitrogens with zero attached hydrogens (tertiary/aromatic N) is 1. The fourth-order valence-electron chi connectivity index (χ4n) is 2.96. The normalized spacial score (nSPS) is 15.1. The molecule has 2 amide bonds. The first-order valence-electron chi connectivity index (χ1n) is 8.78. The van der Waals surface area contributed by atoms with Crippen molar-refractivity contribution < 1.29 is 40.7 Å². The second-order valence-electron chi connectivity index (χ2n) is 6.64. The Kier molecular flexibility index (Phi) is 5.74. The topological polar surface area (TPSA) is 70.7 Å². The van der Waals surface area contributed by atoms with Crippen molar-refractivity contribution in [3.05, 3.63) is 48.0 Å². The van der Waals surface area contributed by atoms with Gasteiger partial charge < -0.3 is 15.4 Å². The molecule has 31 heavy (non-hydrogen) atoms. The Balaban J connectivity index is 1.76. The fraction of sp³-hybridized carbons (Fsp3) is 0.263. The summed E-state index contributed by atoms with van der Waals surface area (Å²) in [5.74, 6) is -1.73. The molecule has 2 N–H and O–H groups in total. The minimum atomic E-state index is -4.84. The molecule has 6 nitrogen and oxygen atoms in total. The maximum absolute atomic E-state index is 12.9. The summed E-state index contributed by atoms with van der Waals surface area (Å²) in [5.41, 5.74) is -0.738. The summed E-state index contributed by atoms with van der Waals surface area (Å²) >= 11 is 0. The molecule has 1 aliphatic heterocycles. The second kappa shape index (κ2) is 8.00. The van der Waals surface area contributed by atoms with E-state index in [0.29, 0.717) is 5.69 Å². The molecular weight excluding hydrogens is 432 g/mol. The van der Waals surface area contributed by atoms with Gasteiger partial charge in [0.15, 0.2) is 0 Å². The molecule has 2 aromatic rings. The number of rotatable bonds is 4. The number of hydrogen-bond acceptors (Lipinski definition) is 4. The molecule has 12 heteroatoms. The first kappa shape index (κ1) is 22.2. The van der Waals surface area contributed by atoms with E-state index in [4.69, 9.17) is 0 Å². The first-order chi connectivity index (χ1) is 14.3. The van der Waals surface area contributed by atoms with Crippen molar-refractivity contribution in [1.29, 1.82) is 0 Å². The molecule has 0 spiro atoms. The lowest BCUT2D eigenvalue weighted by Gasteiger charge is -2.32. The van der Waals surface area contributed by atoms with Crippen molar-refractivity contribution in [3.8, 4) is 5.75 Å². The molecule has 3 rings (SSSR count). The molecule has 0 saturated carbocycles. The van der Waals surface area contributed by atoms with E-state index in [2.05, 4.69) is 15.4 Å². The van der Waals surface area contributed by atoms with Crippen LogP contribution in [0.1, 0.15) is 12.5 Å². The molecule has 0 radical (unpaired) electrons. The average Bonchev–Trinajstić information content (AvgIpc) is 2.65. The predicted molar refractivity (Wildman–Crippen MR) is 98.6 cm³/mol. The monoisotopic (exact) mass is 447 g/mol. The number of alkyl halides is 6. The van der Waals surface area contributed by atoms with Crippen molar-refractivity contribution in [2.24, 2.45) is 0 Å². The van der Waals surface area contributed by atoms with Gasteiger partial charge in [-0.2, -0.15) is 13.2 Å². The largest absolute Gasteiger partial charge is 0.573 e. The number of nitrogens with one attached hydrogen (secondary N) is 2. The molecule has 1 aliphatic rings. The number of halogens is 6. The van der Waals surface area contributed by atoms with Crippen molar-refractivity contribution in [2.45, 2.75) is 25.5 Å². The number of carbonyl (C=O) groups excluding carboxylic acids is 2. The summed E-state index contributed by atoms with van der Waals surface area (Å²) < 4.78 is 79.2. The van der Waals surface area contributed by atoms with Gasteiger partial charge in [0, 0.05) is 5.69 Å². The Morgan fingerprint density at radius 3 is 2.32 bits per heavy atom. The van der Waals surface area contributed by atoms with Crippen LogP contribution in [0.15, 0.2) is 42.5 Å². The molecule has 1 atom stereocenters. The number of hydrogen-bond donors (Lipinski definition) is 2. The minimum absolute atomic E-state index is 0.0974. The highest BCUT2D eigenvalue weighted by Gasteiger charge is 2.35. The number of fused-ring (bicyclic) bond motifs is 1. The Labute approximate surface area is 171 Å². The SMILES string of the molecule is C[C@@H](Nc1ccc(OC(F)(F)F)cc1)C(=O)N1CC(=O)Nc2cc(C(F)(F)F)ccc21. The van der Waals surface area contributed by atoms with E-state index >= 15 is 0 Å². The summed E-state index contributed by atoms with van der Waals surface area (Å²) in [6.07, 6.45) is -9.46. The van der Waals surface area contributed by atoms with Crippen LogP contribution in [0, 0.1) is 0 Å². The van der Waals surface area contributed by atoms with Gasteiger partial charge in [0.25, 0.3) is 0 Å². The maximum atomic E-state index is 12.9. The third-order valence-corrected chi connectivity index (χ3v) is 4.30. The lowest BCUT2D eigenvalue weighted by Crippen LogP contribution is -2.48. The van der Waals surface area contributed by atoms with Crippen molar-refractivity contribution in [3.63, 3.8) is 0 Å². The summed E-state index contributed by atoms with van der Waals surface area (Å²) in [6, 6.07) is 6.30. The van der Waals surface area contributed by atoms with E-state index in [0.717, 1.165) is 35.2 Å². The van der Waals surface area contributed by atoms with Gasteiger partial charge in [0.1, 0.15) is 18.3 Å². The summed E-state index contributed by atoms with van der Waals surface area (Å²) in [5, 5.41) is 5.08. The molecule has 0 unspecified atom stereocenters. The molecular formula is C19H15F6N3O3. The van der Waals surface area contributed by atoms with E-state index in [9.17, 15) is 35.9 Å². The van der Waals surface area contributed by atoms with Gasteiger partial charge in [-0.05, 0) is 49.4 Å². The van der Waals surface area contributed by atoms with Crippen molar-refractivity contribution in [2.75, 3.05) is 22.1 Å². The molecule has 0 saturated heterocycles. The lowest BCUT2D eigenvalue weighted by molar-refractivity contribution is -0.274. The van der Waals surface area contributed by atoms with Gasteiger partial charge in [0.2, 0.25) is 11.8 Å². The van der Waals surface area contributed by atoms with Crippen LogP contribution in [0.4, 0.5) is 43.4 Å². The fourth-order valence-corrected chi connectivity index (χ4v) is 2.96. The van der Waals surface area contributed by atoms with E-state index < -0.39 is 48.3 Å². The van der Waals surface area contributed by atoms with E-state index in [1.807, 2.05) is 0 Å². The van der Waals surface area contributed by atoms with E-state index in [-0.39, 0.29) is 11.4 Å². The molecule has 1 heterocycles. The summed E-state index contributed by atoms with van der Waals surface area (Å²) in [6.45, 7) is 1.04. The van der Waals surface area contributed by atoms with Crippen LogP contribution < -0.4 is 20.3 Å². The predicted octanol–water partition coefficient (Wildman–Crippen LogP) is 4.39. The maximum Gasteiger partial charge on any atom is 0.573 e. The van der Waals surface area contributed by atoms with Crippen molar-refractivity contribution in [1.82, 2.24) is 0 Å². The molecule has 2 aromatic carbocycles. The van der Waals surface area contributed by atoms with Crippen LogP contribution in [0.3, 0.4) is 0 Å². The van der Waals surface area contributed by atoms with Crippen LogP contribution in [0.25, 0.3) is 0 Å². The number of benzene rings is 2. The highest BCUT2D eigenvalue weighted by Crippen LogP contribution is 2.37. The zero-order valence-corrected chi connectivity index (χ0v) is 15.8. The van der Waals surface area contributed by atoms with Crippen LogP contribution in [0.5, 0.6) is 5.75 Å². The van der Waals surface area contributed by atoms with Crippen LogP contribution >= 0.6 is 0 Å². The second-order valence-corrected chi connectivity index (χ2v) is 6.64. The van der Waals surface area contributed by atoms with E-state index in [1.165, 1.54) is 19.1 Å². The van der Waals surface area contributed by atoms with Crippen LogP contribution in [-0.4, -0.2) is 30.8 Å². The molecule has 0 fully saturated rings. The number of amides is 2. The summed E-state index contributed by atoms with van der Waals surface area (Å²) in [4.78, 5) is 25.8. The molecule has 0 aliphatic carbocycles. The van der Waals surface area contributed by atoms with Gasteiger partial charge in [-0.15, -0.1) is 13.2 Å². The van der Waals surface area contributed by atoms with Gasteiger partial charge in [-0.25, -0.2) is 0 Å². The zero-order valence-electron chi connectivity index (χ0n) is 15.8. The smallest absolute Gasteiger partial charge is 0.406 e. The third-order valence-electron chi connectivity index (χ3n) is 4.30. The Hall–Kier alpha value is -3.44. The lowest BCUT2D eigenvalue weighted by atomic mass is 10.1. The highest BCUT2D eigenvalue weighted by atomic mass is 19.4. The van der Waals surface area contributed by atoms with E-state index in [1.54, 1.807) is 0 Å². The standard InChI is InChI=1S/C19H15F6N3O3/c1-10(26-12-3-5-13(6-4-12)31-19(23,24)25)17(30)28-9-16(29)27-14-8-11(18(20,21)22)2-7-15(14)28/h2-8,10,26H,9H2,1H3,(H,27,29)/t10-/m1/s1. The van der Waals surface area contributed by atoms with Crippen molar-refractivity contribution >= 4 is 28.9 Å². The van der Waals surface area contributed by atoms with Gasteiger partial charge in [-0.1, -0.05) is 0 Å². The molecule has 166 valence electrons. The number of anilines is 3. The third kappa shape index (κ3) is 5.38. The minimum Gasteiger partial charge on any atom is -0.406 e. The Morgan fingerprint density at radius 2 is 1.74 bits per heavy atom. The Morgan fingerprint density at radius 1 is 1.10 bits per heavy atom. The highest BCUT2D eigenvalue weighted by molar-refractivity contribution is 6.11. The van der Waals surface area contributed by atoms with Gasteiger partial charge >= 0.3 is 12.5 Å². The number of carbonyl (C=O) groups is 2. The molecule has 0 bridgehead atoms. The summed E-state index contributed by atoms with van der Waals surface area (Å²) in [7, 11) is 0. The first-order valence-corrected chi connectivity index (χ1v) is 8.78. The molecule has 0 aromatic heterocycles. The van der Waals surface area contributed by atoms with Gasteiger partial charge in [-0.3, -0.25) is 14.5 Å².